The van der Waals surface area contributed by atoms with Gasteiger partial charge in [-0.25, -0.2) is 14.2 Å². The molecule has 2 aromatic carbocycles. The van der Waals surface area contributed by atoms with E-state index in [0.29, 0.717) is 22.8 Å². The van der Waals surface area contributed by atoms with Gasteiger partial charge in [-0.1, -0.05) is 18.2 Å². The van der Waals surface area contributed by atoms with Gasteiger partial charge in [0.25, 0.3) is 5.91 Å². The molecule has 6 nitrogen and oxygen atoms in total. The zero-order valence-electron chi connectivity index (χ0n) is 15.1. The third-order valence-corrected chi connectivity index (χ3v) is 3.79. The Labute approximate surface area is 161 Å². The Morgan fingerprint density at radius 3 is 2.68 bits per heavy atom. The minimum absolute atomic E-state index is 0.237. The SMILES string of the molecule is CCOC(=O)c1ccccc1NC(=O)c1ccnc(Nc2cccc(F)c2)c1. The number of anilines is 3. The summed E-state index contributed by atoms with van der Waals surface area (Å²) in [5.74, 6) is -0.922. The highest BCUT2D eigenvalue weighted by Gasteiger charge is 2.15. The standard InChI is InChI=1S/C21H18FN3O3/c1-2-28-21(27)17-8-3-4-9-18(17)25-20(26)14-10-11-23-19(12-14)24-16-7-5-6-15(22)13-16/h3-13H,2H2,1H3,(H,23,24)(H,25,26). The summed E-state index contributed by atoms with van der Waals surface area (Å²) in [6, 6.07) is 15.6. The van der Waals surface area contributed by atoms with E-state index in [1.807, 2.05) is 0 Å². The highest BCUT2D eigenvalue weighted by Crippen LogP contribution is 2.19. The van der Waals surface area contributed by atoms with Gasteiger partial charge < -0.3 is 15.4 Å². The van der Waals surface area contributed by atoms with Gasteiger partial charge in [0, 0.05) is 17.4 Å². The van der Waals surface area contributed by atoms with Crippen LogP contribution in [0, 0.1) is 5.82 Å². The minimum atomic E-state index is -0.512. The number of esters is 1. The number of nitrogens with one attached hydrogen (secondary N) is 2. The van der Waals surface area contributed by atoms with Crippen LogP contribution in [-0.2, 0) is 4.74 Å². The van der Waals surface area contributed by atoms with Crippen molar-refractivity contribution in [3.63, 3.8) is 0 Å². The van der Waals surface area contributed by atoms with Crippen LogP contribution in [0.25, 0.3) is 0 Å². The predicted octanol–water partition coefficient (Wildman–Crippen LogP) is 4.39. The highest BCUT2D eigenvalue weighted by atomic mass is 19.1. The van der Waals surface area contributed by atoms with E-state index in [2.05, 4.69) is 15.6 Å². The zero-order valence-corrected chi connectivity index (χ0v) is 15.1. The van der Waals surface area contributed by atoms with Crippen molar-refractivity contribution >= 4 is 29.1 Å². The molecule has 142 valence electrons. The van der Waals surface area contributed by atoms with Crippen molar-refractivity contribution in [2.24, 2.45) is 0 Å². The molecule has 28 heavy (non-hydrogen) atoms. The largest absolute Gasteiger partial charge is 0.462 e. The van der Waals surface area contributed by atoms with Gasteiger partial charge in [0.05, 0.1) is 17.9 Å². The number of halogens is 1. The Morgan fingerprint density at radius 2 is 1.89 bits per heavy atom. The molecule has 0 bridgehead atoms. The van der Waals surface area contributed by atoms with Crippen LogP contribution in [0.4, 0.5) is 21.6 Å². The topological polar surface area (TPSA) is 80.3 Å². The molecule has 2 N–H and O–H groups in total. The van der Waals surface area contributed by atoms with Crippen LogP contribution in [0.5, 0.6) is 0 Å². The average Bonchev–Trinajstić information content (AvgIpc) is 2.69. The van der Waals surface area contributed by atoms with Crippen molar-refractivity contribution in [2.45, 2.75) is 6.92 Å². The predicted molar refractivity (Wildman–Crippen MR) is 104 cm³/mol. The summed E-state index contributed by atoms with van der Waals surface area (Å²) < 4.78 is 18.3. The summed E-state index contributed by atoms with van der Waals surface area (Å²) in [6.07, 6.45) is 1.47. The van der Waals surface area contributed by atoms with E-state index in [4.69, 9.17) is 4.74 Å². The van der Waals surface area contributed by atoms with Crippen molar-refractivity contribution in [3.05, 3.63) is 83.8 Å². The van der Waals surface area contributed by atoms with Crippen LogP contribution in [0.1, 0.15) is 27.6 Å². The monoisotopic (exact) mass is 379 g/mol. The lowest BCUT2D eigenvalue weighted by Gasteiger charge is -2.11. The molecule has 0 atom stereocenters. The van der Waals surface area contributed by atoms with E-state index in [1.165, 1.54) is 24.4 Å². The Morgan fingerprint density at radius 1 is 1.07 bits per heavy atom. The van der Waals surface area contributed by atoms with Gasteiger partial charge in [-0.2, -0.15) is 0 Å². The molecule has 3 rings (SSSR count). The van der Waals surface area contributed by atoms with Gasteiger partial charge in [-0.15, -0.1) is 0 Å². The number of hydrogen-bond acceptors (Lipinski definition) is 5. The van der Waals surface area contributed by atoms with E-state index < -0.39 is 11.9 Å². The fraction of sp³-hybridized carbons (Fsp3) is 0.0952. The van der Waals surface area contributed by atoms with Gasteiger partial charge >= 0.3 is 5.97 Å². The number of aromatic nitrogens is 1. The number of carbonyl (C=O) groups is 2. The molecule has 0 unspecified atom stereocenters. The molecule has 0 aliphatic heterocycles. The first-order chi connectivity index (χ1) is 13.6. The normalized spacial score (nSPS) is 10.2. The Kier molecular flexibility index (Phi) is 5.96. The first-order valence-corrected chi connectivity index (χ1v) is 8.63. The average molecular weight is 379 g/mol. The molecule has 1 amide bonds. The fourth-order valence-electron chi connectivity index (χ4n) is 2.53. The molecule has 1 aromatic heterocycles. The molecule has 0 fully saturated rings. The van der Waals surface area contributed by atoms with E-state index in [1.54, 1.807) is 49.4 Å². The second-order valence-electron chi connectivity index (χ2n) is 5.79. The van der Waals surface area contributed by atoms with Crippen molar-refractivity contribution in [3.8, 4) is 0 Å². The quantitative estimate of drug-likeness (QED) is 0.621. The Hall–Kier alpha value is -3.74. The number of amides is 1. The van der Waals surface area contributed by atoms with Crippen molar-refractivity contribution in [2.75, 3.05) is 17.2 Å². The molecular formula is C21H18FN3O3. The Bertz CT molecular complexity index is 1010. The number of carbonyl (C=O) groups excluding carboxylic acids is 2. The molecule has 0 saturated carbocycles. The number of rotatable bonds is 6. The Balaban J connectivity index is 1.78. The van der Waals surface area contributed by atoms with E-state index in [-0.39, 0.29) is 18.0 Å². The molecular weight excluding hydrogens is 361 g/mol. The van der Waals surface area contributed by atoms with E-state index in [0.717, 1.165) is 0 Å². The second kappa shape index (κ2) is 8.77. The maximum atomic E-state index is 13.3. The summed E-state index contributed by atoms with van der Waals surface area (Å²) >= 11 is 0. The maximum absolute atomic E-state index is 13.3. The molecule has 7 heteroatoms. The van der Waals surface area contributed by atoms with Crippen molar-refractivity contribution in [1.29, 1.82) is 0 Å². The summed E-state index contributed by atoms with van der Waals surface area (Å²) in [5.41, 5.74) is 1.46. The zero-order chi connectivity index (χ0) is 19.9. The number of hydrogen-bond donors (Lipinski definition) is 2. The molecule has 0 aliphatic rings. The van der Waals surface area contributed by atoms with Crippen LogP contribution >= 0.6 is 0 Å². The molecule has 3 aromatic rings. The van der Waals surface area contributed by atoms with E-state index >= 15 is 0 Å². The number of nitrogens with zero attached hydrogens (tertiary/aromatic N) is 1. The number of ether oxygens (including phenoxy) is 1. The number of pyridine rings is 1. The highest BCUT2D eigenvalue weighted by molar-refractivity contribution is 6.08. The number of benzene rings is 2. The van der Waals surface area contributed by atoms with E-state index in [9.17, 15) is 14.0 Å². The molecule has 0 radical (unpaired) electrons. The minimum Gasteiger partial charge on any atom is -0.462 e. The number of para-hydroxylation sites is 1. The second-order valence-corrected chi connectivity index (χ2v) is 5.79. The van der Waals surface area contributed by atoms with Crippen LogP contribution in [0.2, 0.25) is 0 Å². The van der Waals surface area contributed by atoms with Gasteiger partial charge in [-0.3, -0.25) is 4.79 Å². The lowest BCUT2D eigenvalue weighted by atomic mass is 10.1. The summed E-state index contributed by atoms with van der Waals surface area (Å²) in [5, 5.41) is 5.66. The van der Waals surface area contributed by atoms with Gasteiger partial charge in [0.15, 0.2) is 0 Å². The molecule has 0 aliphatic carbocycles. The fourth-order valence-corrected chi connectivity index (χ4v) is 2.53. The third kappa shape index (κ3) is 4.70. The third-order valence-electron chi connectivity index (χ3n) is 3.79. The summed E-state index contributed by atoms with van der Waals surface area (Å²) in [6.45, 7) is 1.95. The maximum Gasteiger partial charge on any atom is 0.340 e. The first-order valence-electron chi connectivity index (χ1n) is 8.63. The molecule has 1 heterocycles. The first kappa shape index (κ1) is 19.0. The summed E-state index contributed by atoms with van der Waals surface area (Å²) in [4.78, 5) is 28.8. The molecule has 0 spiro atoms. The van der Waals surface area contributed by atoms with Crippen LogP contribution in [0.15, 0.2) is 66.9 Å². The lowest BCUT2D eigenvalue weighted by Crippen LogP contribution is -2.16. The van der Waals surface area contributed by atoms with Crippen molar-refractivity contribution in [1.82, 2.24) is 4.98 Å². The van der Waals surface area contributed by atoms with Gasteiger partial charge in [0.2, 0.25) is 0 Å². The van der Waals surface area contributed by atoms with Crippen LogP contribution < -0.4 is 10.6 Å². The van der Waals surface area contributed by atoms with Gasteiger partial charge in [-0.05, 0) is 49.4 Å². The lowest BCUT2D eigenvalue weighted by molar-refractivity contribution is 0.0527. The van der Waals surface area contributed by atoms with Crippen LogP contribution in [0.3, 0.4) is 0 Å². The smallest absolute Gasteiger partial charge is 0.340 e. The van der Waals surface area contributed by atoms with Crippen LogP contribution in [-0.4, -0.2) is 23.5 Å². The molecule has 0 saturated heterocycles. The van der Waals surface area contributed by atoms with Crippen molar-refractivity contribution < 1.29 is 18.7 Å². The summed E-state index contributed by atoms with van der Waals surface area (Å²) in [7, 11) is 0. The van der Waals surface area contributed by atoms with Gasteiger partial charge in [0.1, 0.15) is 11.6 Å².